The Labute approximate surface area is 491 Å². The summed E-state index contributed by atoms with van der Waals surface area (Å²) in [6.45, 7) is 0.425. The number of primary amides is 1. The van der Waals surface area contributed by atoms with Crippen LogP contribution in [-0.4, -0.2) is 195 Å². The SMILES string of the molecule is CC(C)[C@H](NC(=O)[C@H](Cc1ccccc1)NC(=O)[C@H](Cc1ccccc1)NC(=O)[C@H](CC(=O)O)NC(=O)[C@H](CC(=O)O)NC(=O)[C@H](CC(=O)O)NC(=O)CNC(=O)CNC(=O)CNC(=O)[C@H](CC(=O)O)NC(=O)[C@H](CC(=O)O)N[SH](C)S)C(N)=O. The summed E-state index contributed by atoms with van der Waals surface area (Å²) in [6.07, 6.45) is -4.43. The molecule has 0 aliphatic carbocycles. The Kier molecular flexibility index (Phi) is 30.6. The average molecular weight is 1240 g/mol. The molecule has 0 fully saturated rings. The molecule has 9 atom stereocenters. The summed E-state index contributed by atoms with van der Waals surface area (Å²) in [6, 6.07) is 2.35. The van der Waals surface area contributed by atoms with E-state index in [0.717, 1.165) is 0 Å². The first-order valence-corrected chi connectivity index (χ1v) is 28.4. The van der Waals surface area contributed by atoms with Crippen molar-refractivity contribution in [1.82, 2.24) is 57.9 Å². The third-order valence-corrected chi connectivity index (χ3v) is 12.6. The second-order valence-corrected chi connectivity index (χ2v) is 22.0. The van der Waals surface area contributed by atoms with E-state index in [0.29, 0.717) is 11.1 Å². The zero-order chi connectivity index (χ0) is 64.1. The van der Waals surface area contributed by atoms with Gasteiger partial charge in [-0.2, -0.15) is 10.1 Å². The topological polar surface area (TPSA) is 533 Å². The zero-order valence-electron chi connectivity index (χ0n) is 45.8. The fraction of sp³-hybridized carbons (Fsp3) is 0.440. The summed E-state index contributed by atoms with van der Waals surface area (Å²) in [7, 11) is -1.35. The normalized spacial score (nSPS) is 14.2. The number of amides is 11. The molecule has 11 amide bonds. The van der Waals surface area contributed by atoms with Gasteiger partial charge in [0.1, 0.15) is 48.3 Å². The van der Waals surface area contributed by atoms with E-state index in [1.807, 2.05) is 31.9 Å². The van der Waals surface area contributed by atoms with Crippen molar-refractivity contribution in [3.63, 3.8) is 0 Å². The minimum absolute atomic E-state index is 0.143. The lowest BCUT2D eigenvalue weighted by molar-refractivity contribution is -0.144. The van der Waals surface area contributed by atoms with Crippen LogP contribution in [-0.2, 0) is 89.6 Å². The van der Waals surface area contributed by atoms with E-state index in [1.54, 1.807) is 74.5 Å². The average Bonchev–Trinajstić information content (AvgIpc) is 3.63. The first-order valence-electron chi connectivity index (χ1n) is 25.4. The molecule has 0 spiro atoms. The van der Waals surface area contributed by atoms with E-state index < -0.39 is 211 Å². The smallest absolute Gasteiger partial charge is 0.305 e. The zero-order valence-corrected chi connectivity index (χ0v) is 47.6. The quantitative estimate of drug-likeness (QED) is 0.0220. The number of carbonyl (C=O) groups is 16. The van der Waals surface area contributed by atoms with Gasteiger partial charge in [-0.1, -0.05) is 74.5 Å². The van der Waals surface area contributed by atoms with E-state index in [9.17, 15) is 97.1 Å². The van der Waals surface area contributed by atoms with Crippen molar-refractivity contribution >= 4 is 117 Å². The van der Waals surface area contributed by atoms with Crippen LogP contribution in [0.2, 0.25) is 0 Å². The number of carboxylic acid groups (broad SMARTS) is 5. The van der Waals surface area contributed by atoms with Gasteiger partial charge in [0.2, 0.25) is 65.0 Å². The van der Waals surface area contributed by atoms with E-state index in [-0.39, 0.29) is 12.8 Å². The number of carboxylic acids is 5. The molecule has 0 bridgehead atoms. The minimum Gasteiger partial charge on any atom is -0.481 e. The Hall–Kier alpha value is -9.38. The lowest BCUT2D eigenvalue weighted by Crippen LogP contribution is -2.61. The van der Waals surface area contributed by atoms with Gasteiger partial charge in [-0.3, -0.25) is 81.4 Å². The first-order chi connectivity index (χ1) is 39.8. The second-order valence-electron chi connectivity index (χ2n) is 18.9. The van der Waals surface area contributed by atoms with E-state index in [4.69, 9.17) is 10.8 Å². The molecule has 2 aromatic rings. The lowest BCUT2D eigenvalue weighted by Gasteiger charge is -2.27. The van der Waals surface area contributed by atoms with E-state index >= 15 is 0 Å². The number of hydrogen-bond donors (Lipinski definition) is 19. The van der Waals surface area contributed by atoms with Crippen molar-refractivity contribution in [3.05, 3.63) is 71.8 Å². The lowest BCUT2D eigenvalue weighted by atomic mass is 10.00. The molecule has 0 aliphatic heterocycles. The monoisotopic (exact) mass is 1240 g/mol. The predicted octanol–water partition coefficient (Wildman–Crippen LogP) is -5.92. The molecule has 0 saturated heterocycles. The standard InChI is InChI=1S/C50H68N12O21S2/c1-24(2)42(43(51)76)61-49(82)28(15-26-12-8-5-9-13-26)57-45(78)27(14-25-10-6-4-7-11-25)56-47(80)31(18-39(70)71)60-48(81)32(19-40(72)73)59-46(79)30(17-38(68)69)55-36(65)23-53-34(63)21-52-35(64)22-54-44(77)29(16-37(66)67)58-50(83)33(20-41(74)75)62-85(3)84/h4-13,24,27-33,42,62,84-85H,14-23H2,1-3H3,(H2,51,76)(H,52,64)(H,53,63)(H,54,77)(H,55,65)(H,56,80)(H,57,78)(H,58,83)(H,59,79)(H,60,81)(H,61,82)(H,66,67)(H,68,69)(H,70,71)(H,72,73)(H,74,75)/t27-,28-,29-,30-,31-,32-,33-,42-/m0/s1. The number of aliphatic carboxylic acids is 5. The van der Waals surface area contributed by atoms with Crippen LogP contribution in [0.5, 0.6) is 0 Å². The van der Waals surface area contributed by atoms with Gasteiger partial charge in [0.15, 0.2) is 0 Å². The summed E-state index contributed by atoms with van der Waals surface area (Å²) in [5.74, 6) is -21.5. The highest BCUT2D eigenvalue weighted by Gasteiger charge is 2.36. The Balaban J connectivity index is 2.22. The number of hydrogen-bond acceptors (Lipinski definition) is 18. The molecule has 2 rings (SSSR count). The molecule has 0 aromatic heterocycles. The van der Waals surface area contributed by atoms with Gasteiger partial charge in [-0.15, -0.1) is 11.7 Å². The van der Waals surface area contributed by atoms with Crippen LogP contribution in [0.4, 0.5) is 0 Å². The van der Waals surface area contributed by atoms with Crippen LogP contribution in [0.1, 0.15) is 57.1 Å². The summed E-state index contributed by atoms with van der Waals surface area (Å²) >= 11 is 4.08. The van der Waals surface area contributed by atoms with Gasteiger partial charge in [0, 0.05) is 12.8 Å². The predicted molar refractivity (Wildman–Crippen MR) is 299 cm³/mol. The van der Waals surface area contributed by atoms with Crippen molar-refractivity contribution in [2.75, 3.05) is 25.9 Å². The van der Waals surface area contributed by atoms with Crippen molar-refractivity contribution in [1.29, 1.82) is 0 Å². The molecule has 0 radical (unpaired) electrons. The third-order valence-electron chi connectivity index (χ3n) is 11.5. The molecule has 0 saturated carbocycles. The van der Waals surface area contributed by atoms with Crippen molar-refractivity contribution in [2.45, 2.75) is 107 Å². The molecule has 33 nitrogen and oxygen atoms in total. The minimum atomic E-state index is -2.23. The van der Waals surface area contributed by atoms with E-state index in [1.165, 1.54) is 6.26 Å². The molecule has 466 valence electrons. The van der Waals surface area contributed by atoms with Crippen LogP contribution in [0.15, 0.2) is 60.7 Å². The second kappa shape index (κ2) is 36.3. The maximum absolute atomic E-state index is 14.2. The Morgan fingerprint density at radius 1 is 0.412 bits per heavy atom. The fourth-order valence-corrected chi connectivity index (χ4v) is 8.53. The highest BCUT2D eigenvalue weighted by Crippen LogP contribution is 2.21. The Morgan fingerprint density at radius 3 is 1.06 bits per heavy atom. The van der Waals surface area contributed by atoms with Crippen molar-refractivity contribution in [3.8, 4) is 0 Å². The molecule has 35 heteroatoms. The Morgan fingerprint density at radius 2 is 0.706 bits per heavy atom. The number of nitrogens with two attached hydrogens (primary N) is 1. The molecule has 2 aromatic carbocycles. The first kappa shape index (κ1) is 71.7. The van der Waals surface area contributed by atoms with Crippen LogP contribution in [0, 0.1) is 5.92 Å². The third kappa shape index (κ3) is 28.4. The van der Waals surface area contributed by atoms with Crippen molar-refractivity contribution in [2.24, 2.45) is 11.7 Å². The summed E-state index contributed by atoms with van der Waals surface area (Å²) in [5.41, 5.74) is 6.51. The van der Waals surface area contributed by atoms with E-state index in [2.05, 4.69) is 37.7 Å². The van der Waals surface area contributed by atoms with Crippen LogP contribution < -0.4 is 63.6 Å². The summed E-state index contributed by atoms with van der Waals surface area (Å²) in [4.78, 5) is 203. The summed E-state index contributed by atoms with van der Waals surface area (Å²) < 4.78 is 2.59. The molecule has 1 unspecified atom stereocenters. The largest absolute Gasteiger partial charge is 0.481 e. The van der Waals surface area contributed by atoms with Gasteiger partial charge in [0.05, 0.1) is 51.7 Å². The number of thiol groups is 2. The van der Waals surface area contributed by atoms with Crippen LogP contribution in [0.25, 0.3) is 0 Å². The van der Waals surface area contributed by atoms with Gasteiger partial charge in [-0.25, -0.2) is 0 Å². The maximum Gasteiger partial charge on any atom is 0.305 e. The highest BCUT2D eigenvalue weighted by atomic mass is 33.1. The molecule has 85 heavy (non-hydrogen) atoms. The number of nitrogens with one attached hydrogen (secondary N) is 11. The van der Waals surface area contributed by atoms with Gasteiger partial charge < -0.3 is 84.4 Å². The van der Waals surface area contributed by atoms with Gasteiger partial charge >= 0.3 is 29.8 Å². The molecule has 18 N–H and O–H groups in total. The number of rotatable bonds is 38. The fourth-order valence-electron chi connectivity index (χ4n) is 7.45. The molecule has 0 heterocycles. The van der Waals surface area contributed by atoms with Gasteiger partial charge in [0.25, 0.3) is 0 Å². The maximum atomic E-state index is 14.2. The number of benzene rings is 2. The molecule has 0 aliphatic rings. The van der Waals surface area contributed by atoms with Crippen LogP contribution in [0.3, 0.4) is 0 Å². The Bertz CT molecular complexity index is 2780. The number of carbonyl (C=O) groups excluding carboxylic acids is 11. The molecular weight excluding hydrogens is 1170 g/mol. The van der Waals surface area contributed by atoms with Crippen molar-refractivity contribution < 1.29 is 102 Å². The highest BCUT2D eigenvalue weighted by molar-refractivity contribution is 8.77. The summed E-state index contributed by atoms with van der Waals surface area (Å²) in [5, 5.41) is 68.9. The molecular formula is C50H68N12O21S2. The van der Waals surface area contributed by atoms with Gasteiger partial charge in [-0.05, 0) is 23.3 Å². The van der Waals surface area contributed by atoms with Crippen LogP contribution >= 0.6 is 21.8 Å².